The molecular weight excluding hydrogens is 295 g/mol. The first-order valence-corrected chi connectivity index (χ1v) is 4.86. The van der Waals surface area contributed by atoms with E-state index in [1.54, 1.807) is 0 Å². The van der Waals surface area contributed by atoms with Gasteiger partial charge in [0.05, 0.1) is 12.7 Å². The summed E-state index contributed by atoms with van der Waals surface area (Å²) in [6.07, 6.45) is -1.84. The summed E-state index contributed by atoms with van der Waals surface area (Å²) in [5.74, 6) is -0.818. The molecule has 0 saturated carbocycles. The minimum absolute atomic E-state index is 0.0932. The standard InChI is InChI=1S/C8H5BrClF2NO2/c1-15-8(14)4-5(9)3(7(11)12)2-13-6(4)10/h2,7H,1H3. The van der Waals surface area contributed by atoms with E-state index in [0.29, 0.717) is 0 Å². The molecule has 1 aromatic heterocycles. The van der Waals surface area contributed by atoms with E-state index in [1.807, 2.05) is 0 Å². The van der Waals surface area contributed by atoms with Crippen molar-refractivity contribution in [3.8, 4) is 0 Å². The Kier molecular flexibility index (Phi) is 3.98. The van der Waals surface area contributed by atoms with Gasteiger partial charge >= 0.3 is 5.97 Å². The first-order valence-electron chi connectivity index (χ1n) is 3.69. The van der Waals surface area contributed by atoms with E-state index in [2.05, 4.69) is 25.7 Å². The number of ether oxygens (including phenoxy) is 1. The number of aromatic nitrogens is 1. The average Bonchev–Trinajstić information content (AvgIpc) is 2.16. The van der Waals surface area contributed by atoms with E-state index in [9.17, 15) is 13.6 Å². The topological polar surface area (TPSA) is 39.2 Å². The Hall–Kier alpha value is -0.750. The van der Waals surface area contributed by atoms with Crippen LogP contribution in [0.15, 0.2) is 10.7 Å². The number of carbonyl (C=O) groups excluding carboxylic acids is 1. The molecule has 0 bridgehead atoms. The van der Waals surface area contributed by atoms with Crippen molar-refractivity contribution in [1.82, 2.24) is 4.98 Å². The molecule has 0 N–H and O–H groups in total. The molecule has 0 fully saturated rings. The number of rotatable bonds is 2. The lowest BCUT2D eigenvalue weighted by Gasteiger charge is -2.08. The zero-order valence-corrected chi connectivity index (χ0v) is 9.77. The SMILES string of the molecule is COC(=O)c1c(Cl)ncc(C(F)F)c1Br. The van der Waals surface area contributed by atoms with Gasteiger partial charge in [-0.15, -0.1) is 0 Å². The van der Waals surface area contributed by atoms with Crippen molar-refractivity contribution < 1.29 is 18.3 Å². The summed E-state index contributed by atoms with van der Waals surface area (Å²) in [6.45, 7) is 0. The fourth-order valence-corrected chi connectivity index (χ4v) is 1.87. The van der Waals surface area contributed by atoms with Crippen LogP contribution < -0.4 is 0 Å². The molecule has 15 heavy (non-hydrogen) atoms. The number of carbonyl (C=O) groups is 1. The van der Waals surface area contributed by atoms with E-state index in [-0.39, 0.29) is 15.2 Å². The Bertz CT molecular complexity index is 400. The third-order valence-corrected chi connectivity index (χ3v) is 2.76. The third-order valence-electron chi connectivity index (χ3n) is 1.62. The second-order valence-electron chi connectivity index (χ2n) is 2.49. The molecule has 1 aromatic rings. The predicted octanol–water partition coefficient (Wildman–Crippen LogP) is 3.22. The number of hydrogen-bond donors (Lipinski definition) is 0. The minimum Gasteiger partial charge on any atom is -0.465 e. The largest absolute Gasteiger partial charge is 0.465 e. The first kappa shape index (κ1) is 12.3. The molecule has 0 aliphatic heterocycles. The number of hydrogen-bond acceptors (Lipinski definition) is 3. The van der Waals surface area contributed by atoms with Gasteiger partial charge in [-0.25, -0.2) is 18.6 Å². The van der Waals surface area contributed by atoms with Crippen LogP contribution in [0.2, 0.25) is 5.15 Å². The van der Waals surface area contributed by atoms with Crippen molar-refractivity contribution in [2.45, 2.75) is 6.43 Å². The molecule has 0 saturated heterocycles. The Balaban J connectivity index is 3.36. The number of esters is 1. The Labute approximate surface area is 97.5 Å². The van der Waals surface area contributed by atoms with Crippen LogP contribution in [0.25, 0.3) is 0 Å². The van der Waals surface area contributed by atoms with Gasteiger partial charge in [0.1, 0.15) is 10.7 Å². The highest BCUT2D eigenvalue weighted by molar-refractivity contribution is 9.10. The van der Waals surface area contributed by atoms with Gasteiger partial charge in [0.15, 0.2) is 0 Å². The van der Waals surface area contributed by atoms with Crippen molar-refractivity contribution in [3.05, 3.63) is 26.9 Å². The summed E-state index contributed by atoms with van der Waals surface area (Å²) in [5.41, 5.74) is -0.600. The molecule has 0 amide bonds. The summed E-state index contributed by atoms with van der Waals surface area (Å²) < 4.78 is 29.2. The molecular formula is C8H5BrClF2NO2. The summed E-state index contributed by atoms with van der Waals surface area (Å²) in [7, 11) is 1.13. The number of methoxy groups -OCH3 is 1. The predicted molar refractivity (Wildman–Crippen MR) is 53.2 cm³/mol. The molecule has 0 aliphatic rings. The molecule has 1 rings (SSSR count). The van der Waals surface area contributed by atoms with Crippen LogP contribution in [0.5, 0.6) is 0 Å². The van der Waals surface area contributed by atoms with Gasteiger partial charge in [0.2, 0.25) is 0 Å². The summed E-state index contributed by atoms with van der Waals surface area (Å²) in [4.78, 5) is 14.7. The van der Waals surface area contributed by atoms with Gasteiger partial charge in [-0.05, 0) is 15.9 Å². The molecule has 7 heteroatoms. The molecule has 0 aliphatic carbocycles. The second kappa shape index (κ2) is 4.85. The second-order valence-corrected chi connectivity index (χ2v) is 3.64. The summed E-state index contributed by atoms with van der Waals surface area (Å²) in [5, 5.41) is -0.182. The summed E-state index contributed by atoms with van der Waals surface area (Å²) >= 11 is 8.46. The normalized spacial score (nSPS) is 10.5. The van der Waals surface area contributed by atoms with Crippen LogP contribution in [0, 0.1) is 0 Å². The van der Waals surface area contributed by atoms with Crippen molar-refractivity contribution >= 4 is 33.5 Å². The lowest BCUT2D eigenvalue weighted by Crippen LogP contribution is -2.06. The zero-order valence-electron chi connectivity index (χ0n) is 7.43. The summed E-state index contributed by atoms with van der Waals surface area (Å²) in [6, 6.07) is 0. The van der Waals surface area contributed by atoms with Gasteiger partial charge in [-0.2, -0.15) is 0 Å². The molecule has 0 aromatic carbocycles. The molecule has 0 unspecified atom stereocenters. The Morgan fingerprint density at radius 1 is 1.67 bits per heavy atom. The fourth-order valence-electron chi connectivity index (χ4n) is 0.910. The minimum atomic E-state index is -2.74. The third kappa shape index (κ3) is 2.43. The highest BCUT2D eigenvalue weighted by Crippen LogP contribution is 2.32. The van der Waals surface area contributed by atoms with Crippen LogP contribution in [-0.2, 0) is 4.74 Å². The van der Waals surface area contributed by atoms with Crippen molar-refractivity contribution in [2.75, 3.05) is 7.11 Å². The van der Waals surface area contributed by atoms with Crippen molar-refractivity contribution in [2.24, 2.45) is 0 Å². The van der Waals surface area contributed by atoms with E-state index < -0.39 is 18.0 Å². The maximum absolute atomic E-state index is 12.4. The molecule has 82 valence electrons. The number of nitrogens with zero attached hydrogens (tertiary/aromatic N) is 1. The van der Waals surface area contributed by atoms with Gasteiger partial charge in [-0.1, -0.05) is 11.6 Å². The monoisotopic (exact) mass is 299 g/mol. The van der Waals surface area contributed by atoms with Gasteiger partial charge < -0.3 is 4.74 Å². The quantitative estimate of drug-likeness (QED) is 0.622. The molecule has 0 atom stereocenters. The van der Waals surface area contributed by atoms with Crippen molar-refractivity contribution in [1.29, 1.82) is 0 Å². The Morgan fingerprint density at radius 2 is 2.27 bits per heavy atom. The fraction of sp³-hybridized carbons (Fsp3) is 0.250. The molecule has 0 radical (unpaired) electrons. The van der Waals surface area contributed by atoms with E-state index >= 15 is 0 Å². The average molecular weight is 300 g/mol. The highest BCUT2D eigenvalue weighted by atomic mass is 79.9. The molecule has 3 nitrogen and oxygen atoms in total. The number of halogens is 4. The highest BCUT2D eigenvalue weighted by Gasteiger charge is 2.22. The smallest absolute Gasteiger partial charge is 0.342 e. The Morgan fingerprint density at radius 3 is 2.73 bits per heavy atom. The van der Waals surface area contributed by atoms with Gasteiger partial charge in [0, 0.05) is 10.7 Å². The van der Waals surface area contributed by atoms with Gasteiger partial charge in [-0.3, -0.25) is 0 Å². The van der Waals surface area contributed by atoms with Crippen molar-refractivity contribution in [3.63, 3.8) is 0 Å². The van der Waals surface area contributed by atoms with E-state index in [4.69, 9.17) is 11.6 Å². The maximum atomic E-state index is 12.4. The maximum Gasteiger partial charge on any atom is 0.342 e. The van der Waals surface area contributed by atoms with Crippen LogP contribution in [0.3, 0.4) is 0 Å². The van der Waals surface area contributed by atoms with E-state index in [0.717, 1.165) is 13.3 Å². The number of alkyl halides is 2. The van der Waals surface area contributed by atoms with Crippen LogP contribution in [0.4, 0.5) is 8.78 Å². The van der Waals surface area contributed by atoms with E-state index in [1.165, 1.54) is 0 Å². The number of pyridine rings is 1. The van der Waals surface area contributed by atoms with Crippen LogP contribution in [-0.4, -0.2) is 18.1 Å². The lowest BCUT2D eigenvalue weighted by atomic mass is 10.2. The molecule has 1 heterocycles. The van der Waals surface area contributed by atoms with Crippen LogP contribution >= 0.6 is 27.5 Å². The lowest BCUT2D eigenvalue weighted by molar-refractivity contribution is 0.0598. The van der Waals surface area contributed by atoms with Crippen LogP contribution in [0.1, 0.15) is 22.3 Å². The van der Waals surface area contributed by atoms with Gasteiger partial charge in [0.25, 0.3) is 6.43 Å². The first-order chi connectivity index (χ1) is 6.99. The zero-order chi connectivity index (χ0) is 11.6. The molecule has 0 spiro atoms.